The Hall–Kier alpha value is -3.70. The molecule has 7 aliphatic carbocycles. The lowest BCUT2D eigenvalue weighted by molar-refractivity contribution is -0.363. The summed E-state index contributed by atoms with van der Waals surface area (Å²) in [6.45, 7) is 8.36. The monoisotopic (exact) mass is 925 g/mol. The van der Waals surface area contributed by atoms with Crippen LogP contribution in [0.3, 0.4) is 0 Å². The molecule has 6 bridgehead atoms. The van der Waals surface area contributed by atoms with E-state index in [4.69, 9.17) is 9.47 Å². The Balaban J connectivity index is 1.03. The Morgan fingerprint density at radius 3 is 2.34 bits per heavy atom. The van der Waals surface area contributed by atoms with Crippen molar-refractivity contribution in [2.45, 2.75) is 186 Å². The summed E-state index contributed by atoms with van der Waals surface area (Å²) >= 11 is 0. The van der Waals surface area contributed by atoms with E-state index in [1.165, 1.54) is 56.6 Å². The molecule has 3 N–H and O–H groups in total. The van der Waals surface area contributed by atoms with Crippen molar-refractivity contribution in [3.8, 4) is 11.8 Å². The van der Waals surface area contributed by atoms with E-state index in [0.717, 1.165) is 56.9 Å². The van der Waals surface area contributed by atoms with Gasteiger partial charge in [0.05, 0.1) is 22.7 Å². The van der Waals surface area contributed by atoms with Gasteiger partial charge in [0.2, 0.25) is 0 Å². The maximum absolute atomic E-state index is 14.3. The number of carbonyl (C=O) groups is 2. The highest BCUT2D eigenvalue weighted by Crippen LogP contribution is 2.77. The number of aryl methyl sites for hydroxylation is 2. The van der Waals surface area contributed by atoms with Gasteiger partial charge in [-0.15, -0.1) is 5.92 Å². The second-order valence-corrected chi connectivity index (χ2v) is 24.8. The topological polar surface area (TPSA) is 113 Å². The lowest BCUT2D eigenvalue weighted by atomic mass is 9.30. The smallest absolute Gasteiger partial charge is 0.331 e. The zero-order valence-electron chi connectivity index (χ0n) is 41.7. The van der Waals surface area contributed by atoms with Crippen LogP contribution in [-0.2, 0) is 31.9 Å². The van der Waals surface area contributed by atoms with Gasteiger partial charge in [0.1, 0.15) is 12.7 Å². The molecule has 1 aliphatic heterocycles. The summed E-state index contributed by atoms with van der Waals surface area (Å²) in [6, 6.07) is 21.7. The highest BCUT2D eigenvalue weighted by molar-refractivity contribution is 5.85. The molecule has 5 saturated carbocycles. The quantitative estimate of drug-likeness (QED) is 0.0926. The first-order valence-electron chi connectivity index (χ1n) is 27.0. The van der Waals surface area contributed by atoms with Crippen molar-refractivity contribution in [3.05, 3.63) is 95.6 Å². The molecular formula is C61H80O7. The molecule has 2 aromatic rings. The number of ether oxygens (including phenoxy) is 2. The molecule has 0 radical (unpaired) electrons. The van der Waals surface area contributed by atoms with E-state index in [9.17, 15) is 24.9 Å². The highest BCUT2D eigenvalue weighted by atomic mass is 16.5. The molecule has 7 nitrogen and oxygen atoms in total. The van der Waals surface area contributed by atoms with Crippen molar-refractivity contribution < 1.29 is 34.4 Å². The minimum absolute atomic E-state index is 0.117. The predicted octanol–water partition coefficient (Wildman–Crippen LogP) is 11.5. The molecule has 366 valence electrons. The first kappa shape index (κ1) is 48.0. The van der Waals surface area contributed by atoms with Gasteiger partial charge >= 0.3 is 11.9 Å². The Kier molecular flexibility index (Phi) is 12.8. The minimum Gasteiger partial charge on any atom is -0.462 e. The summed E-state index contributed by atoms with van der Waals surface area (Å²) in [6.07, 6.45) is 22.9. The average molecular weight is 925 g/mol. The normalized spacial score (nSPS) is 42.5. The molecule has 68 heavy (non-hydrogen) atoms. The van der Waals surface area contributed by atoms with Gasteiger partial charge in [0, 0.05) is 36.7 Å². The first-order chi connectivity index (χ1) is 32.5. The number of hydrogen-bond acceptors (Lipinski definition) is 7. The van der Waals surface area contributed by atoms with Crippen molar-refractivity contribution in [3.63, 3.8) is 0 Å². The third-order valence-electron chi connectivity index (χ3n) is 20.9. The second-order valence-electron chi connectivity index (χ2n) is 24.8. The molecule has 2 aromatic carbocycles. The second kappa shape index (κ2) is 18.2. The van der Waals surface area contributed by atoms with E-state index in [2.05, 4.69) is 86.4 Å². The van der Waals surface area contributed by atoms with Crippen molar-refractivity contribution in [2.75, 3.05) is 6.61 Å². The van der Waals surface area contributed by atoms with Gasteiger partial charge in [0.25, 0.3) is 0 Å². The third-order valence-corrected chi connectivity index (χ3v) is 20.9. The number of carbonyl (C=O) groups excluding carboxylic acids is 2. The van der Waals surface area contributed by atoms with Crippen LogP contribution in [0.2, 0.25) is 0 Å². The summed E-state index contributed by atoms with van der Waals surface area (Å²) in [5.41, 5.74) is -2.07. The van der Waals surface area contributed by atoms with Crippen LogP contribution in [0.15, 0.2) is 84.5 Å². The van der Waals surface area contributed by atoms with Crippen LogP contribution < -0.4 is 0 Å². The molecular weight excluding hydrogens is 845 g/mol. The molecule has 0 unspecified atom stereocenters. The van der Waals surface area contributed by atoms with E-state index in [1.54, 1.807) is 6.08 Å². The maximum Gasteiger partial charge on any atom is 0.331 e. The Morgan fingerprint density at radius 2 is 1.62 bits per heavy atom. The Bertz CT molecular complexity index is 2310. The number of esters is 2. The molecule has 8 aliphatic rings. The fourth-order valence-electron chi connectivity index (χ4n) is 18.0. The van der Waals surface area contributed by atoms with Crippen molar-refractivity contribution in [2.24, 2.45) is 62.6 Å². The molecule has 3 spiro atoms. The minimum atomic E-state index is -1.63. The van der Waals surface area contributed by atoms with Crippen LogP contribution in [0, 0.1) is 74.4 Å². The number of aliphatic hydroxyl groups excluding tert-OH is 1. The van der Waals surface area contributed by atoms with Crippen LogP contribution in [0.1, 0.15) is 161 Å². The van der Waals surface area contributed by atoms with Crippen molar-refractivity contribution >= 4 is 11.9 Å². The molecule has 7 heteroatoms. The average Bonchev–Trinajstić information content (AvgIpc) is 4.01. The van der Waals surface area contributed by atoms with Gasteiger partial charge in [-0.05, 0) is 179 Å². The number of fused-ring (bicyclic) bond motifs is 3. The highest BCUT2D eigenvalue weighted by Gasteiger charge is 2.82. The zero-order valence-corrected chi connectivity index (χ0v) is 41.7. The van der Waals surface area contributed by atoms with Gasteiger partial charge < -0.3 is 24.8 Å². The van der Waals surface area contributed by atoms with Crippen LogP contribution >= 0.6 is 0 Å². The van der Waals surface area contributed by atoms with Crippen LogP contribution in [0.25, 0.3) is 0 Å². The third kappa shape index (κ3) is 8.07. The van der Waals surface area contributed by atoms with E-state index >= 15 is 0 Å². The SMILES string of the molecule is CC(=O)O[C@@H]1C[C@]2(C)C=C[C@@](O)(CC[C@H](C)CCCc3ccccc3)[C@@]3([C@@H](O)CC[C@@](C)([C@@H]4CC[C@]56C[C@@H](CCc7ccccc7)[C@@]7(CC[C@@H](CC#C[C@@H]4C5)C7)C6)[C@H]13)[C@@]2(O)CCC1=CC(=O)OC1. The zero-order chi connectivity index (χ0) is 47.6. The molecule has 15 atom stereocenters. The molecule has 5 fully saturated rings. The Morgan fingerprint density at radius 1 is 0.868 bits per heavy atom. The van der Waals surface area contributed by atoms with E-state index in [1.807, 2.05) is 19.1 Å². The lowest BCUT2D eigenvalue weighted by Gasteiger charge is -2.76. The molecule has 0 saturated heterocycles. The fourth-order valence-corrected chi connectivity index (χ4v) is 18.0. The van der Waals surface area contributed by atoms with Gasteiger partial charge in [-0.3, -0.25) is 4.79 Å². The first-order valence-corrected chi connectivity index (χ1v) is 27.0. The van der Waals surface area contributed by atoms with E-state index < -0.39 is 45.6 Å². The largest absolute Gasteiger partial charge is 0.462 e. The van der Waals surface area contributed by atoms with Crippen LogP contribution in [-0.4, -0.2) is 57.3 Å². The number of hydrogen-bond donors (Lipinski definition) is 3. The van der Waals surface area contributed by atoms with Crippen molar-refractivity contribution in [1.29, 1.82) is 0 Å². The summed E-state index contributed by atoms with van der Waals surface area (Å²) < 4.78 is 12.0. The number of cyclic esters (lactones) is 1. The summed E-state index contributed by atoms with van der Waals surface area (Å²) in [4.78, 5) is 25.9. The maximum atomic E-state index is 14.3. The van der Waals surface area contributed by atoms with Gasteiger partial charge in [-0.2, -0.15) is 0 Å². The number of benzene rings is 2. The summed E-state index contributed by atoms with van der Waals surface area (Å²) in [5.74, 6) is 8.39. The number of rotatable bonds is 15. The van der Waals surface area contributed by atoms with Crippen molar-refractivity contribution in [1.82, 2.24) is 0 Å². The number of aliphatic hydroxyl groups is 3. The summed E-state index contributed by atoms with van der Waals surface area (Å²) in [7, 11) is 0. The molecule has 1 heterocycles. The molecule has 0 amide bonds. The molecule has 10 rings (SSSR count). The van der Waals surface area contributed by atoms with Crippen LogP contribution in [0.5, 0.6) is 0 Å². The predicted molar refractivity (Wildman–Crippen MR) is 266 cm³/mol. The standard InChI is InChI=1S/C61H80O7/c1-42(13-11-18-44-14-7-5-8-15-44)23-31-59(65)34-33-55(3)39-51(68-43(2)62)54-56(4,28-27-52(63)61(54,59)60(55,66)32-25-47-35-53(64)67-40-47)50-26-29-57-37-48(50)20-12-19-46-24-30-58(36-46,41-57)49(38-57)22-21-45-16-9-6-10-17-45/h5-10,14-17,33-35,42,46,48-52,54,63,65-66H,11,13,18-19,21-32,36-41H2,1-4H3/t42-,46-,48-,49-,50-,51-,52+,54+,55+,56+,57-,58-,59+,60-,61+/m1/s1. The lowest BCUT2D eigenvalue weighted by Crippen LogP contribution is -2.83. The van der Waals surface area contributed by atoms with E-state index in [-0.39, 0.29) is 48.1 Å². The van der Waals surface area contributed by atoms with Gasteiger partial charge in [-0.1, -0.05) is 106 Å². The van der Waals surface area contributed by atoms with Gasteiger partial charge in [-0.25, -0.2) is 4.79 Å². The van der Waals surface area contributed by atoms with Crippen LogP contribution in [0.4, 0.5) is 0 Å². The summed E-state index contributed by atoms with van der Waals surface area (Å²) in [5, 5.41) is 41.6. The van der Waals surface area contributed by atoms with Gasteiger partial charge in [0.15, 0.2) is 0 Å². The molecule has 0 aromatic heterocycles. The van der Waals surface area contributed by atoms with E-state index in [0.29, 0.717) is 55.8 Å². The fraction of sp³-hybridized carbons (Fsp3) is 0.672. The Labute approximate surface area is 407 Å².